The number of unbranched alkanes of at least 4 members (excludes halogenated alkanes) is 2. The molecule has 0 aromatic heterocycles. The fraction of sp³-hybridized carbons (Fsp3) is 0.571. The minimum absolute atomic E-state index is 0.559. The van der Waals surface area contributed by atoms with Crippen LogP contribution in [0.3, 0.4) is 0 Å². The van der Waals surface area contributed by atoms with Gasteiger partial charge in [0.15, 0.2) is 0 Å². The second-order valence-electron chi connectivity index (χ2n) is 4.60. The van der Waals surface area contributed by atoms with Crippen molar-refractivity contribution in [3.63, 3.8) is 0 Å². The molecule has 16 heavy (non-hydrogen) atoms. The van der Waals surface area contributed by atoms with Crippen molar-refractivity contribution in [1.29, 1.82) is 0 Å². The van der Waals surface area contributed by atoms with E-state index < -0.39 is 0 Å². The van der Waals surface area contributed by atoms with Crippen LogP contribution in [0.5, 0.6) is 0 Å². The van der Waals surface area contributed by atoms with E-state index in [1.807, 2.05) is 6.07 Å². The van der Waals surface area contributed by atoms with Crippen LogP contribution in [0.4, 0.5) is 0 Å². The van der Waals surface area contributed by atoms with Crippen molar-refractivity contribution in [3.8, 4) is 0 Å². The van der Waals surface area contributed by atoms with E-state index >= 15 is 0 Å². The van der Waals surface area contributed by atoms with E-state index in [2.05, 4.69) is 24.4 Å². The van der Waals surface area contributed by atoms with E-state index in [1.54, 1.807) is 0 Å². The lowest BCUT2D eigenvalue weighted by Crippen LogP contribution is -2.20. The van der Waals surface area contributed by atoms with Gasteiger partial charge in [0.1, 0.15) is 0 Å². The molecule has 1 aliphatic carbocycles. The molecular weight excluding hydrogens is 218 g/mol. The van der Waals surface area contributed by atoms with Crippen molar-refractivity contribution in [3.05, 3.63) is 34.3 Å². The first-order valence-corrected chi connectivity index (χ1v) is 6.70. The molecular formula is C14H20ClN. The van der Waals surface area contributed by atoms with Gasteiger partial charge in [-0.2, -0.15) is 0 Å². The summed E-state index contributed by atoms with van der Waals surface area (Å²) in [5.41, 5.74) is 2.89. The van der Waals surface area contributed by atoms with Crippen molar-refractivity contribution in [1.82, 2.24) is 5.32 Å². The highest BCUT2D eigenvalue weighted by Gasteiger charge is 2.21. The summed E-state index contributed by atoms with van der Waals surface area (Å²) < 4.78 is 0. The summed E-state index contributed by atoms with van der Waals surface area (Å²) in [4.78, 5) is 0. The number of halogens is 1. The maximum Gasteiger partial charge on any atom is 0.0408 e. The Morgan fingerprint density at radius 2 is 2.25 bits per heavy atom. The van der Waals surface area contributed by atoms with Gasteiger partial charge in [-0.05, 0) is 49.1 Å². The summed E-state index contributed by atoms with van der Waals surface area (Å²) in [6, 6.07) is 6.86. The molecule has 0 heterocycles. The van der Waals surface area contributed by atoms with E-state index in [9.17, 15) is 0 Å². The van der Waals surface area contributed by atoms with E-state index in [0.29, 0.717) is 6.04 Å². The summed E-state index contributed by atoms with van der Waals surface area (Å²) in [6.07, 6.45) is 6.30. The Bertz CT molecular complexity index is 349. The van der Waals surface area contributed by atoms with Crippen LogP contribution < -0.4 is 5.32 Å². The van der Waals surface area contributed by atoms with Crippen LogP contribution in [-0.2, 0) is 6.42 Å². The van der Waals surface area contributed by atoms with Crippen molar-refractivity contribution >= 4 is 11.6 Å². The fourth-order valence-electron chi connectivity index (χ4n) is 2.45. The van der Waals surface area contributed by atoms with Crippen molar-refractivity contribution in [2.24, 2.45) is 0 Å². The molecule has 2 heteroatoms. The number of hydrogen-bond acceptors (Lipinski definition) is 1. The van der Waals surface area contributed by atoms with Gasteiger partial charge in [-0.1, -0.05) is 37.4 Å². The molecule has 0 aliphatic heterocycles. The second kappa shape index (κ2) is 5.70. The summed E-state index contributed by atoms with van der Waals surface area (Å²) >= 11 is 6.00. The zero-order chi connectivity index (χ0) is 11.4. The van der Waals surface area contributed by atoms with Crippen LogP contribution >= 0.6 is 11.6 Å². The first kappa shape index (κ1) is 11.9. The fourth-order valence-corrected chi connectivity index (χ4v) is 2.64. The molecule has 1 unspecified atom stereocenters. The number of hydrogen-bond donors (Lipinski definition) is 1. The molecule has 1 aromatic carbocycles. The smallest absolute Gasteiger partial charge is 0.0408 e. The Hall–Kier alpha value is -0.530. The van der Waals surface area contributed by atoms with Crippen LogP contribution in [0.15, 0.2) is 18.2 Å². The van der Waals surface area contributed by atoms with Crippen molar-refractivity contribution < 1.29 is 0 Å². The first-order chi connectivity index (χ1) is 7.81. The summed E-state index contributed by atoms with van der Waals surface area (Å²) in [6.45, 7) is 3.38. The Morgan fingerprint density at radius 3 is 3.06 bits per heavy atom. The predicted octanol–water partition coefficient (Wildman–Crippen LogP) is 4.11. The zero-order valence-corrected chi connectivity index (χ0v) is 10.7. The predicted molar refractivity (Wildman–Crippen MR) is 70.0 cm³/mol. The van der Waals surface area contributed by atoms with Gasteiger partial charge in [-0.25, -0.2) is 0 Å². The van der Waals surface area contributed by atoms with Gasteiger partial charge < -0.3 is 5.32 Å². The average Bonchev–Trinajstić information content (AvgIpc) is 2.67. The zero-order valence-electron chi connectivity index (χ0n) is 9.93. The van der Waals surface area contributed by atoms with Crippen LogP contribution in [0.2, 0.25) is 5.02 Å². The second-order valence-corrected chi connectivity index (χ2v) is 5.03. The van der Waals surface area contributed by atoms with Crippen LogP contribution in [0, 0.1) is 0 Å². The maximum absolute atomic E-state index is 6.00. The SMILES string of the molecule is CCCCCNC1CCc2cc(Cl)ccc21. The number of fused-ring (bicyclic) bond motifs is 1. The molecule has 1 N–H and O–H groups in total. The molecule has 0 fully saturated rings. The number of rotatable bonds is 5. The lowest BCUT2D eigenvalue weighted by molar-refractivity contribution is 0.511. The van der Waals surface area contributed by atoms with Gasteiger partial charge in [0.05, 0.1) is 0 Å². The van der Waals surface area contributed by atoms with E-state index in [1.165, 1.54) is 43.2 Å². The minimum atomic E-state index is 0.559. The molecule has 1 aliphatic rings. The average molecular weight is 238 g/mol. The molecule has 1 nitrogen and oxygen atoms in total. The van der Waals surface area contributed by atoms with Crippen LogP contribution in [0.1, 0.15) is 49.8 Å². The Morgan fingerprint density at radius 1 is 1.38 bits per heavy atom. The summed E-state index contributed by atoms with van der Waals surface area (Å²) in [5.74, 6) is 0. The highest BCUT2D eigenvalue weighted by Crippen LogP contribution is 2.32. The van der Waals surface area contributed by atoms with Gasteiger partial charge in [0.2, 0.25) is 0 Å². The molecule has 0 spiro atoms. The Kier molecular flexibility index (Phi) is 4.25. The summed E-state index contributed by atoms with van der Waals surface area (Å²) in [7, 11) is 0. The minimum Gasteiger partial charge on any atom is -0.310 e. The highest BCUT2D eigenvalue weighted by atomic mass is 35.5. The van der Waals surface area contributed by atoms with Crippen LogP contribution in [0.25, 0.3) is 0 Å². The monoisotopic (exact) mass is 237 g/mol. The Balaban J connectivity index is 1.91. The number of benzene rings is 1. The normalized spacial score (nSPS) is 18.8. The van der Waals surface area contributed by atoms with E-state index in [0.717, 1.165) is 11.6 Å². The van der Waals surface area contributed by atoms with Crippen molar-refractivity contribution in [2.45, 2.75) is 45.1 Å². The lowest BCUT2D eigenvalue weighted by Gasteiger charge is -2.13. The molecule has 0 amide bonds. The quantitative estimate of drug-likeness (QED) is 0.761. The number of nitrogens with one attached hydrogen (secondary N) is 1. The van der Waals surface area contributed by atoms with Gasteiger partial charge in [-0.3, -0.25) is 0 Å². The van der Waals surface area contributed by atoms with Gasteiger partial charge in [0, 0.05) is 11.1 Å². The molecule has 1 aromatic rings. The van der Waals surface area contributed by atoms with Crippen LogP contribution in [-0.4, -0.2) is 6.54 Å². The lowest BCUT2D eigenvalue weighted by atomic mass is 10.1. The van der Waals surface area contributed by atoms with E-state index in [-0.39, 0.29) is 0 Å². The molecule has 0 saturated heterocycles. The third-order valence-electron chi connectivity index (χ3n) is 3.35. The van der Waals surface area contributed by atoms with Gasteiger partial charge >= 0.3 is 0 Å². The third-order valence-corrected chi connectivity index (χ3v) is 3.59. The van der Waals surface area contributed by atoms with Gasteiger partial charge in [-0.15, -0.1) is 0 Å². The highest BCUT2D eigenvalue weighted by molar-refractivity contribution is 6.30. The van der Waals surface area contributed by atoms with E-state index in [4.69, 9.17) is 11.6 Å². The largest absolute Gasteiger partial charge is 0.310 e. The number of aryl methyl sites for hydroxylation is 1. The first-order valence-electron chi connectivity index (χ1n) is 6.33. The molecule has 0 bridgehead atoms. The maximum atomic E-state index is 6.00. The van der Waals surface area contributed by atoms with Gasteiger partial charge in [0.25, 0.3) is 0 Å². The topological polar surface area (TPSA) is 12.0 Å². The summed E-state index contributed by atoms with van der Waals surface area (Å²) in [5, 5.41) is 4.52. The molecule has 1 atom stereocenters. The molecule has 88 valence electrons. The Labute approximate surface area is 103 Å². The molecule has 0 saturated carbocycles. The molecule has 0 radical (unpaired) electrons. The third kappa shape index (κ3) is 2.78. The molecule has 2 rings (SSSR count). The standard InChI is InChI=1S/C14H20ClN/c1-2-3-4-9-16-14-8-5-11-10-12(15)6-7-13(11)14/h6-7,10,14,16H,2-5,8-9H2,1H3. The van der Waals surface area contributed by atoms with Crippen molar-refractivity contribution in [2.75, 3.05) is 6.54 Å².